The second kappa shape index (κ2) is 9.53. The molecule has 0 radical (unpaired) electrons. The minimum absolute atomic E-state index is 0.161. The summed E-state index contributed by atoms with van der Waals surface area (Å²) >= 11 is 6.24. The normalized spacial score (nSPS) is 10.6. The van der Waals surface area contributed by atoms with Gasteiger partial charge >= 0.3 is 0 Å². The van der Waals surface area contributed by atoms with Gasteiger partial charge in [0.15, 0.2) is 11.5 Å². The van der Waals surface area contributed by atoms with E-state index in [1.165, 1.54) is 14.2 Å². The average molecular weight is 449 g/mol. The first-order valence-corrected chi connectivity index (χ1v) is 10.2. The fraction of sp³-hybridized carbons (Fsp3) is 0.125. The summed E-state index contributed by atoms with van der Waals surface area (Å²) in [4.78, 5) is 22.4. The number of fused-ring (bicyclic) bond motifs is 1. The number of carbonyl (C=O) groups excluding carboxylic acids is 1. The van der Waals surface area contributed by atoms with Gasteiger partial charge < -0.3 is 20.1 Å². The van der Waals surface area contributed by atoms with E-state index in [9.17, 15) is 4.79 Å². The van der Waals surface area contributed by atoms with Crippen LogP contribution in [0.5, 0.6) is 11.5 Å². The second-order valence-corrected chi connectivity index (χ2v) is 7.30. The molecule has 8 heteroatoms. The van der Waals surface area contributed by atoms with Crippen molar-refractivity contribution in [2.24, 2.45) is 0 Å². The molecule has 0 aliphatic rings. The summed E-state index contributed by atoms with van der Waals surface area (Å²) in [6.45, 7) is 0.492. The van der Waals surface area contributed by atoms with Crippen LogP contribution in [0.2, 0.25) is 5.02 Å². The fourth-order valence-electron chi connectivity index (χ4n) is 3.20. The van der Waals surface area contributed by atoms with Gasteiger partial charge in [-0.05, 0) is 23.8 Å². The molecule has 1 heterocycles. The molecule has 0 saturated carbocycles. The maximum atomic E-state index is 13.2. The third kappa shape index (κ3) is 4.58. The first-order valence-electron chi connectivity index (χ1n) is 9.86. The standard InChI is InChI=1S/C24H21ClN4O3/c1-31-20-13-21(32-2)19(12-16(20)25)29-24(30)22-23(26-14-15-8-4-3-5-9-15)28-18-11-7-6-10-17(18)27-22/h3-13H,14H2,1-2H3,(H,26,28)(H,29,30). The van der Waals surface area contributed by atoms with Crippen LogP contribution >= 0.6 is 11.6 Å². The Morgan fingerprint density at radius 3 is 2.25 bits per heavy atom. The molecule has 162 valence electrons. The molecule has 1 aromatic heterocycles. The van der Waals surface area contributed by atoms with E-state index in [-0.39, 0.29) is 5.69 Å². The highest BCUT2D eigenvalue weighted by Crippen LogP contribution is 2.36. The van der Waals surface area contributed by atoms with Crippen LogP contribution in [0.3, 0.4) is 0 Å². The van der Waals surface area contributed by atoms with E-state index in [0.29, 0.717) is 45.6 Å². The lowest BCUT2D eigenvalue weighted by atomic mass is 10.2. The Balaban J connectivity index is 1.69. The van der Waals surface area contributed by atoms with Crippen molar-refractivity contribution >= 4 is 40.0 Å². The highest BCUT2D eigenvalue weighted by atomic mass is 35.5. The van der Waals surface area contributed by atoms with Crippen LogP contribution in [0.4, 0.5) is 11.5 Å². The number of nitrogens with zero attached hydrogens (tertiary/aromatic N) is 2. The van der Waals surface area contributed by atoms with Crippen LogP contribution in [0.1, 0.15) is 16.1 Å². The van der Waals surface area contributed by atoms with E-state index in [0.717, 1.165) is 5.56 Å². The molecule has 3 aromatic carbocycles. The molecule has 0 fully saturated rings. The van der Waals surface area contributed by atoms with Crippen molar-refractivity contribution in [2.75, 3.05) is 24.9 Å². The summed E-state index contributed by atoms with van der Waals surface area (Å²) in [6.07, 6.45) is 0. The topological polar surface area (TPSA) is 85.4 Å². The van der Waals surface area contributed by atoms with Crippen LogP contribution in [-0.4, -0.2) is 30.1 Å². The molecule has 4 aromatic rings. The van der Waals surface area contributed by atoms with E-state index >= 15 is 0 Å². The molecular weight excluding hydrogens is 428 g/mol. The molecule has 4 rings (SSSR count). The average Bonchev–Trinajstić information content (AvgIpc) is 2.83. The quantitative estimate of drug-likeness (QED) is 0.406. The highest BCUT2D eigenvalue weighted by molar-refractivity contribution is 6.32. The van der Waals surface area contributed by atoms with Crippen LogP contribution < -0.4 is 20.1 Å². The number of halogens is 1. The van der Waals surface area contributed by atoms with Crippen molar-refractivity contribution in [3.05, 3.63) is 83.0 Å². The Bertz CT molecular complexity index is 1270. The lowest BCUT2D eigenvalue weighted by Crippen LogP contribution is -2.18. The van der Waals surface area contributed by atoms with Crippen molar-refractivity contribution in [3.63, 3.8) is 0 Å². The van der Waals surface area contributed by atoms with Gasteiger partial charge in [-0.3, -0.25) is 4.79 Å². The lowest BCUT2D eigenvalue weighted by molar-refractivity contribution is 0.102. The molecule has 0 aliphatic carbocycles. The molecule has 0 atom stereocenters. The number of anilines is 2. The predicted octanol–water partition coefficient (Wildman–Crippen LogP) is 5.16. The largest absolute Gasteiger partial charge is 0.495 e. The fourth-order valence-corrected chi connectivity index (χ4v) is 3.44. The lowest BCUT2D eigenvalue weighted by Gasteiger charge is -2.15. The van der Waals surface area contributed by atoms with Gasteiger partial charge in [0.25, 0.3) is 5.91 Å². The van der Waals surface area contributed by atoms with E-state index in [1.54, 1.807) is 12.1 Å². The van der Waals surface area contributed by atoms with E-state index in [4.69, 9.17) is 21.1 Å². The van der Waals surface area contributed by atoms with E-state index in [1.807, 2.05) is 54.6 Å². The number of rotatable bonds is 7. The van der Waals surface area contributed by atoms with Gasteiger partial charge in [0.2, 0.25) is 0 Å². The number of ether oxygens (including phenoxy) is 2. The van der Waals surface area contributed by atoms with Crippen molar-refractivity contribution in [1.29, 1.82) is 0 Å². The molecular formula is C24H21ClN4O3. The zero-order valence-corrected chi connectivity index (χ0v) is 18.3. The van der Waals surface area contributed by atoms with Gasteiger partial charge in [0.05, 0.1) is 36.0 Å². The summed E-state index contributed by atoms with van der Waals surface area (Å²) in [5.41, 5.74) is 2.91. The third-order valence-electron chi connectivity index (χ3n) is 4.81. The molecule has 0 saturated heterocycles. The molecule has 1 amide bonds. The third-order valence-corrected chi connectivity index (χ3v) is 5.11. The second-order valence-electron chi connectivity index (χ2n) is 6.89. The highest BCUT2D eigenvalue weighted by Gasteiger charge is 2.19. The summed E-state index contributed by atoms with van der Waals surface area (Å²) in [5, 5.41) is 6.40. The zero-order valence-electron chi connectivity index (χ0n) is 17.6. The molecule has 2 N–H and O–H groups in total. The predicted molar refractivity (Wildman–Crippen MR) is 126 cm³/mol. The minimum Gasteiger partial charge on any atom is -0.495 e. The summed E-state index contributed by atoms with van der Waals surface area (Å²) in [5.74, 6) is 0.784. The summed E-state index contributed by atoms with van der Waals surface area (Å²) < 4.78 is 10.6. The zero-order chi connectivity index (χ0) is 22.5. The molecule has 7 nitrogen and oxygen atoms in total. The molecule has 0 unspecified atom stereocenters. The SMILES string of the molecule is COc1cc(OC)c(NC(=O)c2nc3ccccc3nc2NCc2ccccc2)cc1Cl. The number of hydrogen-bond donors (Lipinski definition) is 2. The van der Waals surface area contributed by atoms with Crippen molar-refractivity contribution < 1.29 is 14.3 Å². The Morgan fingerprint density at radius 1 is 0.906 bits per heavy atom. The van der Waals surface area contributed by atoms with Gasteiger partial charge in [-0.15, -0.1) is 0 Å². The number of hydrogen-bond acceptors (Lipinski definition) is 6. The first-order chi connectivity index (χ1) is 15.6. The van der Waals surface area contributed by atoms with Gasteiger partial charge in [-0.1, -0.05) is 54.1 Å². The minimum atomic E-state index is -0.446. The molecule has 0 aliphatic heterocycles. The number of aromatic nitrogens is 2. The van der Waals surface area contributed by atoms with Crippen LogP contribution in [0.15, 0.2) is 66.7 Å². The first kappa shape index (κ1) is 21.4. The maximum Gasteiger partial charge on any atom is 0.278 e. The Labute approximate surface area is 190 Å². The number of amides is 1. The number of para-hydroxylation sites is 2. The summed E-state index contributed by atoms with van der Waals surface area (Å²) in [6, 6.07) is 20.4. The maximum absolute atomic E-state index is 13.2. The number of nitrogens with one attached hydrogen (secondary N) is 2. The van der Waals surface area contributed by atoms with Gasteiger partial charge in [0, 0.05) is 12.6 Å². The molecule has 0 spiro atoms. The monoisotopic (exact) mass is 448 g/mol. The Kier molecular flexibility index (Phi) is 6.37. The van der Waals surface area contributed by atoms with Crippen molar-refractivity contribution in [2.45, 2.75) is 6.54 Å². The van der Waals surface area contributed by atoms with E-state index < -0.39 is 5.91 Å². The van der Waals surface area contributed by atoms with E-state index in [2.05, 4.69) is 20.6 Å². The Morgan fingerprint density at radius 2 is 1.56 bits per heavy atom. The van der Waals surface area contributed by atoms with Crippen LogP contribution in [0.25, 0.3) is 11.0 Å². The molecule has 32 heavy (non-hydrogen) atoms. The number of methoxy groups -OCH3 is 2. The van der Waals surface area contributed by atoms with Gasteiger partial charge in [-0.25, -0.2) is 9.97 Å². The van der Waals surface area contributed by atoms with Crippen LogP contribution in [0, 0.1) is 0 Å². The van der Waals surface area contributed by atoms with Gasteiger partial charge in [-0.2, -0.15) is 0 Å². The smallest absolute Gasteiger partial charge is 0.278 e. The van der Waals surface area contributed by atoms with Gasteiger partial charge in [0.1, 0.15) is 11.5 Å². The molecule has 0 bridgehead atoms. The number of benzene rings is 3. The Hall–Kier alpha value is -3.84. The van der Waals surface area contributed by atoms with Crippen molar-refractivity contribution in [3.8, 4) is 11.5 Å². The van der Waals surface area contributed by atoms with Crippen LogP contribution in [-0.2, 0) is 6.54 Å². The summed E-state index contributed by atoms with van der Waals surface area (Å²) in [7, 11) is 3.01. The van der Waals surface area contributed by atoms with Crippen molar-refractivity contribution in [1.82, 2.24) is 9.97 Å². The number of carbonyl (C=O) groups is 1.